The van der Waals surface area contributed by atoms with Crippen molar-refractivity contribution in [2.75, 3.05) is 7.11 Å². The average molecular weight is 376 g/mol. The first-order valence-corrected chi connectivity index (χ1v) is 5.03. The Morgan fingerprint density at radius 2 is 1.91 bits per heavy atom. The van der Waals surface area contributed by atoms with Gasteiger partial charge < -0.3 is 9.84 Å². The summed E-state index contributed by atoms with van der Waals surface area (Å²) >= 11 is 4.22. The Labute approximate surface area is 92.2 Å². The molecule has 0 spiro atoms. The highest BCUT2D eigenvalue weighted by Crippen LogP contribution is 2.31. The molecule has 1 aromatic carbocycles. The molecule has 4 heteroatoms. The van der Waals surface area contributed by atoms with E-state index in [4.69, 9.17) is 4.74 Å². The quantitative estimate of drug-likeness (QED) is 0.764. The lowest BCUT2D eigenvalue weighted by molar-refractivity contribution is 0.408. The van der Waals surface area contributed by atoms with Crippen molar-refractivity contribution in [2.24, 2.45) is 0 Å². The molecule has 0 aliphatic carbocycles. The summed E-state index contributed by atoms with van der Waals surface area (Å²) in [7, 11) is 1.62. The van der Waals surface area contributed by atoms with Gasteiger partial charge in [0.2, 0.25) is 0 Å². The Morgan fingerprint density at radius 1 is 1.27 bits per heavy atom. The number of methoxy groups -OCH3 is 1. The van der Waals surface area contributed by atoms with Gasteiger partial charge in [0.05, 0.1) is 14.3 Å². The number of hydrogen-bond donors (Lipinski definition) is 1. The molecule has 0 aliphatic heterocycles. The van der Waals surface area contributed by atoms with Gasteiger partial charge in [0, 0.05) is 0 Å². The Kier molecular flexibility index (Phi) is 3.23. The molecule has 0 bridgehead atoms. The normalized spacial score (nSPS) is 9.73. The predicted octanol–water partition coefficient (Wildman–Crippen LogP) is 2.61. The van der Waals surface area contributed by atoms with E-state index in [9.17, 15) is 5.11 Å². The summed E-state index contributed by atoms with van der Waals surface area (Å²) in [5, 5.41) is 9.25. The maximum Gasteiger partial charge on any atom is 0.133 e. The minimum atomic E-state index is 0.302. The van der Waals surface area contributed by atoms with Crippen molar-refractivity contribution in [2.45, 2.75) is 0 Å². The topological polar surface area (TPSA) is 29.5 Å². The second-order valence-corrected chi connectivity index (χ2v) is 4.07. The molecule has 0 saturated heterocycles. The molecule has 0 radical (unpaired) electrons. The van der Waals surface area contributed by atoms with Gasteiger partial charge in [-0.25, -0.2) is 0 Å². The van der Waals surface area contributed by atoms with Gasteiger partial charge in [-0.3, -0.25) is 0 Å². The van der Waals surface area contributed by atoms with Gasteiger partial charge in [0.1, 0.15) is 11.5 Å². The van der Waals surface area contributed by atoms with Gasteiger partial charge in [-0.15, -0.1) is 0 Å². The van der Waals surface area contributed by atoms with Crippen molar-refractivity contribution in [1.29, 1.82) is 0 Å². The zero-order valence-corrected chi connectivity index (χ0v) is 10.1. The van der Waals surface area contributed by atoms with Gasteiger partial charge in [-0.2, -0.15) is 0 Å². The fourth-order valence-electron chi connectivity index (χ4n) is 0.679. The Morgan fingerprint density at radius 3 is 2.45 bits per heavy atom. The van der Waals surface area contributed by atoms with Gasteiger partial charge in [0.25, 0.3) is 0 Å². The van der Waals surface area contributed by atoms with Crippen molar-refractivity contribution >= 4 is 45.2 Å². The SMILES string of the molecule is COc1ccc(O)c(I)c1I. The molecule has 0 heterocycles. The smallest absolute Gasteiger partial charge is 0.133 e. The largest absolute Gasteiger partial charge is 0.507 e. The van der Waals surface area contributed by atoms with Crippen LogP contribution in [0.15, 0.2) is 12.1 Å². The van der Waals surface area contributed by atoms with Crippen LogP contribution >= 0.6 is 45.2 Å². The Hall–Kier alpha value is 0.280. The van der Waals surface area contributed by atoms with E-state index in [1.54, 1.807) is 19.2 Å². The molecule has 0 atom stereocenters. The molecule has 60 valence electrons. The van der Waals surface area contributed by atoms with Crippen LogP contribution in [0, 0.1) is 7.14 Å². The van der Waals surface area contributed by atoms with E-state index in [-0.39, 0.29) is 0 Å². The fraction of sp³-hybridized carbons (Fsp3) is 0.143. The van der Waals surface area contributed by atoms with E-state index >= 15 is 0 Å². The molecule has 1 N–H and O–H groups in total. The highest BCUT2D eigenvalue weighted by Gasteiger charge is 2.07. The fourth-order valence-corrected chi connectivity index (χ4v) is 1.80. The van der Waals surface area contributed by atoms with E-state index < -0.39 is 0 Å². The Bertz CT molecular complexity index is 273. The van der Waals surface area contributed by atoms with Crippen LogP contribution in [0.1, 0.15) is 0 Å². The lowest BCUT2D eigenvalue weighted by Gasteiger charge is -2.05. The molecule has 1 aromatic rings. The summed E-state index contributed by atoms with van der Waals surface area (Å²) in [5.74, 6) is 1.10. The summed E-state index contributed by atoms with van der Waals surface area (Å²) in [6.45, 7) is 0. The summed E-state index contributed by atoms with van der Waals surface area (Å²) in [4.78, 5) is 0. The average Bonchev–Trinajstić information content (AvgIpc) is 2.01. The lowest BCUT2D eigenvalue weighted by atomic mass is 10.3. The van der Waals surface area contributed by atoms with Crippen LogP contribution in [0.3, 0.4) is 0 Å². The molecule has 0 saturated carbocycles. The zero-order chi connectivity index (χ0) is 8.43. The number of hydrogen-bond acceptors (Lipinski definition) is 2. The third-order valence-electron chi connectivity index (χ3n) is 1.25. The number of ether oxygens (including phenoxy) is 1. The standard InChI is InChI=1S/C7H6I2O2/c1-11-5-3-2-4(10)6(8)7(5)9/h2-3,10H,1H3. The maximum atomic E-state index is 9.25. The summed E-state index contributed by atoms with van der Waals surface area (Å²) in [5.41, 5.74) is 0. The molecule has 1 rings (SSSR count). The molecular weight excluding hydrogens is 370 g/mol. The predicted molar refractivity (Wildman–Crippen MR) is 60.1 cm³/mol. The van der Waals surface area contributed by atoms with Gasteiger partial charge in [-0.05, 0) is 57.3 Å². The third-order valence-corrected chi connectivity index (χ3v) is 4.44. The van der Waals surface area contributed by atoms with Crippen molar-refractivity contribution in [1.82, 2.24) is 0 Å². The van der Waals surface area contributed by atoms with E-state index in [0.717, 1.165) is 12.9 Å². The van der Waals surface area contributed by atoms with Crippen LogP contribution in [-0.2, 0) is 0 Å². The van der Waals surface area contributed by atoms with Crippen molar-refractivity contribution in [3.8, 4) is 11.5 Å². The van der Waals surface area contributed by atoms with Crippen molar-refractivity contribution < 1.29 is 9.84 Å². The first-order valence-electron chi connectivity index (χ1n) is 2.87. The molecule has 0 unspecified atom stereocenters. The lowest BCUT2D eigenvalue weighted by Crippen LogP contribution is -1.89. The van der Waals surface area contributed by atoms with Crippen molar-refractivity contribution in [3.05, 3.63) is 19.3 Å². The highest BCUT2D eigenvalue weighted by atomic mass is 127. The van der Waals surface area contributed by atoms with E-state index in [1.807, 2.05) is 0 Å². The third kappa shape index (κ3) is 1.90. The molecular formula is C7H6I2O2. The minimum Gasteiger partial charge on any atom is -0.507 e. The number of halogens is 2. The summed E-state index contributed by atoms with van der Waals surface area (Å²) in [6.07, 6.45) is 0. The molecule has 0 aliphatic rings. The highest BCUT2D eigenvalue weighted by molar-refractivity contribution is 14.1. The monoisotopic (exact) mass is 376 g/mol. The number of phenolic OH excluding ortho intramolecular Hbond substituents is 1. The number of benzene rings is 1. The van der Waals surface area contributed by atoms with Crippen LogP contribution in [0.2, 0.25) is 0 Å². The molecule has 2 nitrogen and oxygen atoms in total. The van der Waals surface area contributed by atoms with Crippen molar-refractivity contribution in [3.63, 3.8) is 0 Å². The van der Waals surface area contributed by atoms with E-state index in [1.165, 1.54) is 0 Å². The molecule has 0 fully saturated rings. The van der Waals surface area contributed by atoms with Gasteiger partial charge >= 0.3 is 0 Å². The second-order valence-electron chi connectivity index (χ2n) is 1.91. The molecule has 0 aromatic heterocycles. The number of aromatic hydroxyl groups is 1. The maximum absolute atomic E-state index is 9.25. The summed E-state index contributed by atoms with van der Waals surface area (Å²) in [6, 6.07) is 3.38. The molecule has 0 amide bonds. The first kappa shape index (κ1) is 9.37. The minimum absolute atomic E-state index is 0.302. The molecule has 11 heavy (non-hydrogen) atoms. The van der Waals surface area contributed by atoms with E-state index in [2.05, 4.69) is 45.2 Å². The van der Waals surface area contributed by atoms with Crippen LogP contribution < -0.4 is 4.74 Å². The van der Waals surface area contributed by atoms with Crippen LogP contribution in [-0.4, -0.2) is 12.2 Å². The zero-order valence-electron chi connectivity index (χ0n) is 5.77. The van der Waals surface area contributed by atoms with Gasteiger partial charge in [-0.1, -0.05) is 0 Å². The summed E-state index contributed by atoms with van der Waals surface area (Å²) < 4.78 is 6.84. The van der Waals surface area contributed by atoms with Crippen LogP contribution in [0.25, 0.3) is 0 Å². The number of rotatable bonds is 1. The van der Waals surface area contributed by atoms with Crippen LogP contribution in [0.4, 0.5) is 0 Å². The van der Waals surface area contributed by atoms with Crippen LogP contribution in [0.5, 0.6) is 11.5 Å². The van der Waals surface area contributed by atoms with Gasteiger partial charge in [0.15, 0.2) is 0 Å². The first-order chi connectivity index (χ1) is 5.16. The second kappa shape index (κ2) is 3.79. The number of phenols is 1. The van der Waals surface area contributed by atoms with E-state index in [0.29, 0.717) is 5.75 Å². The Balaban J connectivity index is 3.25.